The lowest BCUT2D eigenvalue weighted by atomic mass is 9.97. The Kier molecular flexibility index (Phi) is 6.46. The Balaban J connectivity index is 1.57. The highest BCUT2D eigenvalue weighted by atomic mass is 35.5. The van der Waals surface area contributed by atoms with Crippen molar-refractivity contribution >= 4 is 27.5 Å². The fourth-order valence-electron chi connectivity index (χ4n) is 4.19. The van der Waals surface area contributed by atoms with Gasteiger partial charge in [-0.25, -0.2) is 8.42 Å². The molecule has 0 radical (unpaired) electrons. The topological polar surface area (TPSA) is 62.1 Å². The second-order valence-electron chi connectivity index (χ2n) is 7.71. The van der Waals surface area contributed by atoms with E-state index in [0.29, 0.717) is 49.8 Å². The minimum atomic E-state index is -3.50. The molecule has 1 N–H and O–H groups in total. The summed E-state index contributed by atoms with van der Waals surface area (Å²) in [6.45, 7) is 6.85. The average molecular weight is 415 g/mol. The SMILES string of the molecule is C[C@@H]1CCC[C@@H](C)N1C(=O)C[NH+]1CCN(S(=O)(=O)c2ccc(Cl)cc2)CC1. The largest absolute Gasteiger partial charge is 0.332 e. The lowest BCUT2D eigenvalue weighted by Gasteiger charge is -2.40. The number of carbonyl (C=O) groups is 1. The van der Waals surface area contributed by atoms with Gasteiger partial charge in [0.25, 0.3) is 5.91 Å². The Morgan fingerprint density at radius 2 is 1.67 bits per heavy atom. The summed E-state index contributed by atoms with van der Waals surface area (Å²) in [6.07, 6.45) is 3.32. The summed E-state index contributed by atoms with van der Waals surface area (Å²) < 4.78 is 27.0. The Morgan fingerprint density at radius 3 is 2.22 bits per heavy atom. The number of piperidine rings is 1. The van der Waals surface area contributed by atoms with Crippen molar-refractivity contribution in [3.05, 3.63) is 29.3 Å². The van der Waals surface area contributed by atoms with Crippen molar-refractivity contribution in [3.63, 3.8) is 0 Å². The molecule has 2 fully saturated rings. The summed E-state index contributed by atoms with van der Waals surface area (Å²) >= 11 is 5.85. The molecule has 0 saturated carbocycles. The third-order valence-electron chi connectivity index (χ3n) is 5.76. The lowest BCUT2D eigenvalue weighted by Crippen LogP contribution is -3.15. The van der Waals surface area contributed by atoms with Crippen LogP contribution >= 0.6 is 11.6 Å². The van der Waals surface area contributed by atoms with Gasteiger partial charge in [0.15, 0.2) is 6.54 Å². The number of rotatable bonds is 4. The maximum atomic E-state index is 12.8. The number of likely N-dealkylation sites (tertiary alicyclic amines) is 1. The van der Waals surface area contributed by atoms with E-state index in [0.717, 1.165) is 17.7 Å². The molecule has 2 aliphatic heterocycles. The van der Waals surface area contributed by atoms with Gasteiger partial charge in [-0.05, 0) is 57.4 Å². The fraction of sp³-hybridized carbons (Fsp3) is 0.632. The van der Waals surface area contributed by atoms with E-state index in [1.807, 2.05) is 4.90 Å². The minimum Gasteiger partial charge on any atom is -0.332 e. The van der Waals surface area contributed by atoms with Crippen LogP contribution in [0.15, 0.2) is 29.2 Å². The molecule has 1 amide bonds. The number of benzene rings is 1. The normalized spacial score (nSPS) is 25.5. The molecule has 2 aliphatic rings. The summed E-state index contributed by atoms with van der Waals surface area (Å²) in [5, 5.41) is 0.517. The highest BCUT2D eigenvalue weighted by Gasteiger charge is 2.34. The summed E-state index contributed by atoms with van der Waals surface area (Å²) in [4.78, 5) is 16.2. The van der Waals surface area contributed by atoms with Gasteiger partial charge >= 0.3 is 0 Å². The van der Waals surface area contributed by atoms with Crippen LogP contribution in [0.25, 0.3) is 0 Å². The standard InChI is InChI=1S/C19H28ClN3O3S/c1-15-4-3-5-16(2)23(15)19(24)14-21-10-12-22(13-11-21)27(25,26)18-8-6-17(20)7-9-18/h6-9,15-16H,3-5,10-14H2,1-2H3/p+1/t15-,16-/m1/s1. The third kappa shape index (κ3) is 4.65. The highest BCUT2D eigenvalue weighted by molar-refractivity contribution is 7.89. The maximum absolute atomic E-state index is 12.8. The van der Waals surface area contributed by atoms with E-state index in [-0.39, 0.29) is 10.8 Å². The number of nitrogens with one attached hydrogen (secondary N) is 1. The molecule has 2 heterocycles. The molecule has 2 saturated heterocycles. The lowest BCUT2D eigenvalue weighted by molar-refractivity contribution is -0.896. The molecule has 0 aliphatic carbocycles. The summed E-state index contributed by atoms with van der Waals surface area (Å²) in [5.41, 5.74) is 0. The predicted molar refractivity (Wildman–Crippen MR) is 105 cm³/mol. The number of piperazine rings is 1. The van der Waals surface area contributed by atoms with E-state index >= 15 is 0 Å². The van der Waals surface area contributed by atoms with Crippen molar-refractivity contribution in [2.45, 2.75) is 50.1 Å². The molecule has 0 bridgehead atoms. The molecule has 150 valence electrons. The number of halogens is 1. The molecular formula is C19H29ClN3O3S+. The molecule has 0 aromatic heterocycles. The summed E-state index contributed by atoms with van der Waals surface area (Å²) in [6, 6.07) is 6.86. The molecule has 8 heteroatoms. The minimum absolute atomic E-state index is 0.193. The van der Waals surface area contributed by atoms with Gasteiger partial charge in [0, 0.05) is 17.1 Å². The van der Waals surface area contributed by atoms with Gasteiger partial charge < -0.3 is 9.80 Å². The number of hydrogen-bond acceptors (Lipinski definition) is 3. The number of hydrogen-bond donors (Lipinski definition) is 1. The predicted octanol–water partition coefficient (Wildman–Crippen LogP) is 1.02. The van der Waals surface area contributed by atoms with Crippen LogP contribution in [0.2, 0.25) is 5.02 Å². The van der Waals surface area contributed by atoms with Crippen molar-refractivity contribution < 1.29 is 18.1 Å². The number of amides is 1. The Labute approximate surface area is 167 Å². The molecule has 1 aromatic carbocycles. The third-order valence-corrected chi connectivity index (χ3v) is 7.93. The molecule has 3 rings (SSSR count). The average Bonchev–Trinajstić information content (AvgIpc) is 2.62. The van der Waals surface area contributed by atoms with E-state index in [9.17, 15) is 13.2 Å². The molecular weight excluding hydrogens is 386 g/mol. The zero-order valence-electron chi connectivity index (χ0n) is 16.0. The fourth-order valence-corrected chi connectivity index (χ4v) is 5.76. The molecule has 27 heavy (non-hydrogen) atoms. The van der Waals surface area contributed by atoms with Crippen LogP contribution in [-0.4, -0.2) is 68.3 Å². The van der Waals surface area contributed by atoms with E-state index in [2.05, 4.69) is 13.8 Å². The summed E-state index contributed by atoms with van der Waals surface area (Å²) in [7, 11) is -3.50. The van der Waals surface area contributed by atoms with Crippen molar-refractivity contribution in [3.8, 4) is 0 Å². The smallest absolute Gasteiger partial charge is 0.278 e. The van der Waals surface area contributed by atoms with Crippen molar-refractivity contribution in [2.24, 2.45) is 0 Å². The van der Waals surface area contributed by atoms with Gasteiger partial charge in [-0.1, -0.05) is 11.6 Å². The van der Waals surface area contributed by atoms with Crippen LogP contribution < -0.4 is 4.90 Å². The number of carbonyl (C=O) groups excluding carboxylic acids is 1. The second kappa shape index (κ2) is 8.47. The number of quaternary nitrogens is 1. The Bertz CT molecular complexity index is 751. The Hall–Kier alpha value is -1.15. The van der Waals surface area contributed by atoms with Gasteiger partial charge in [-0.3, -0.25) is 4.79 Å². The maximum Gasteiger partial charge on any atom is 0.278 e. The van der Waals surface area contributed by atoms with Gasteiger partial charge in [-0.2, -0.15) is 4.31 Å². The van der Waals surface area contributed by atoms with Crippen LogP contribution in [0.1, 0.15) is 33.1 Å². The molecule has 0 spiro atoms. The van der Waals surface area contributed by atoms with Gasteiger partial charge in [0.2, 0.25) is 10.0 Å². The van der Waals surface area contributed by atoms with Crippen molar-refractivity contribution in [2.75, 3.05) is 32.7 Å². The zero-order chi connectivity index (χ0) is 19.6. The molecule has 1 aromatic rings. The first-order chi connectivity index (χ1) is 12.8. The van der Waals surface area contributed by atoms with E-state index in [1.54, 1.807) is 24.3 Å². The molecule has 2 atom stereocenters. The van der Waals surface area contributed by atoms with E-state index in [4.69, 9.17) is 11.6 Å². The monoisotopic (exact) mass is 414 g/mol. The summed E-state index contributed by atoms with van der Waals surface area (Å²) in [5.74, 6) is 0.193. The van der Waals surface area contributed by atoms with E-state index in [1.165, 1.54) is 10.7 Å². The highest BCUT2D eigenvalue weighted by Crippen LogP contribution is 2.22. The first-order valence-corrected chi connectivity index (χ1v) is 11.5. The Morgan fingerprint density at radius 1 is 1.11 bits per heavy atom. The first kappa shape index (κ1) is 20.6. The number of sulfonamides is 1. The first-order valence-electron chi connectivity index (χ1n) is 9.69. The van der Waals surface area contributed by atoms with Gasteiger partial charge in [-0.15, -0.1) is 0 Å². The van der Waals surface area contributed by atoms with Crippen LogP contribution in [-0.2, 0) is 14.8 Å². The zero-order valence-corrected chi connectivity index (χ0v) is 17.6. The van der Waals surface area contributed by atoms with Crippen molar-refractivity contribution in [1.29, 1.82) is 0 Å². The number of nitrogens with zero attached hydrogens (tertiary/aromatic N) is 2. The quantitative estimate of drug-likeness (QED) is 0.800. The van der Waals surface area contributed by atoms with Gasteiger partial charge in [0.1, 0.15) is 0 Å². The van der Waals surface area contributed by atoms with Crippen LogP contribution in [0, 0.1) is 0 Å². The second-order valence-corrected chi connectivity index (χ2v) is 10.1. The van der Waals surface area contributed by atoms with Crippen LogP contribution in [0.3, 0.4) is 0 Å². The van der Waals surface area contributed by atoms with E-state index < -0.39 is 10.0 Å². The van der Waals surface area contributed by atoms with Crippen LogP contribution in [0.5, 0.6) is 0 Å². The molecule has 6 nitrogen and oxygen atoms in total. The van der Waals surface area contributed by atoms with Gasteiger partial charge in [0.05, 0.1) is 31.1 Å². The van der Waals surface area contributed by atoms with Crippen molar-refractivity contribution in [1.82, 2.24) is 9.21 Å². The molecule has 0 unspecified atom stereocenters. The van der Waals surface area contributed by atoms with Crippen LogP contribution in [0.4, 0.5) is 0 Å².